The lowest BCUT2D eigenvalue weighted by atomic mass is 9.81. The van der Waals surface area contributed by atoms with E-state index >= 15 is 0 Å². The summed E-state index contributed by atoms with van der Waals surface area (Å²) in [6.07, 6.45) is 3.57. The molecule has 4 aliphatic rings. The summed E-state index contributed by atoms with van der Waals surface area (Å²) in [7, 11) is 0. The molecule has 0 saturated carbocycles. The maximum absolute atomic E-state index is 12.9. The molecule has 1 aromatic carbocycles. The molecule has 0 spiro atoms. The van der Waals surface area contributed by atoms with Crippen molar-refractivity contribution in [2.75, 3.05) is 26.2 Å². The fourth-order valence-corrected chi connectivity index (χ4v) is 4.33. The fourth-order valence-electron chi connectivity index (χ4n) is 4.33. The van der Waals surface area contributed by atoms with Gasteiger partial charge in [0.05, 0.1) is 0 Å². The lowest BCUT2D eigenvalue weighted by molar-refractivity contribution is 0.00604. The van der Waals surface area contributed by atoms with Crippen molar-refractivity contribution in [1.29, 1.82) is 0 Å². The number of hydrogen-bond acceptors (Lipinski definition) is 2. The van der Waals surface area contributed by atoms with Crippen LogP contribution in [-0.4, -0.2) is 47.9 Å². The lowest BCUT2D eigenvalue weighted by Gasteiger charge is -2.50. The first-order valence-electron chi connectivity index (χ1n) is 7.86. The van der Waals surface area contributed by atoms with E-state index in [0.29, 0.717) is 6.04 Å². The molecule has 3 fully saturated rings. The zero-order valence-electron chi connectivity index (χ0n) is 12.1. The van der Waals surface area contributed by atoms with E-state index in [4.69, 9.17) is 0 Å². The Bertz CT molecular complexity index is 546. The predicted octanol–water partition coefficient (Wildman–Crippen LogP) is 2.09. The minimum Gasteiger partial charge on any atom is -0.334 e. The van der Waals surface area contributed by atoms with E-state index in [0.717, 1.165) is 31.0 Å². The Hall–Kier alpha value is -1.35. The van der Waals surface area contributed by atoms with E-state index < -0.39 is 0 Å². The monoisotopic (exact) mass is 270 g/mol. The summed E-state index contributed by atoms with van der Waals surface area (Å²) < 4.78 is 0. The molecule has 2 bridgehead atoms. The number of rotatable bonds is 1. The second kappa shape index (κ2) is 4.59. The van der Waals surface area contributed by atoms with Gasteiger partial charge in [-0.1, -0.05) is 12.1 Å². The number of carbonyl (C=O) groups excluding carboxylic acids is 1. The smallest absolute Gasteiger partial charge is 0.254 e. The van der Waals surface area contributed by atoms with Crippen molar-refractivity contribution < 1.29 is 4.79 Å². The van der Waals surface area contributed by atoms with Crippen molar-refractivity contribution in [3.8, 4) is 0 Å². The van der Waals surface area contributed by atoms with Crippen molar-refractivity contribution >= 4 is 5.91 Å². The Morgan fingerprint density at radius 1 is 1.15 bits per heavy atom. The Morgan fingerprint density at radius 3 is 2.65 bits per heavy atom. The van der Waals surface area contributed by atoms with Gasteiger partial charge >= 0.3 is 0 Å². The van der Waals surface area contributed by atoms with Gasteiger partial charge in [0.2, 0.25) is 0 Å². The summed E-state index contributed by atoms with van der Waals surface area (Å²) in [4.78, 5) is 17.6. The van der Waals surface area contributed by atoms with E-state index in [1.54, 1.807) is 0 Å². The third-order valence-corrected chi connectivity index (χ3v) is 5.53. The number of amides is 1. The molecule has 1 amide bonds. The zero-order valence-corrected chi connectivity index (χ0v) is 12.1. The van der Waals surface area contributed by atoms with Crippen LogP contribution in [0.1, 0.15) is 34.3 Å². The molecular formula is C17H22N2O. The highest BCUT2D eigenvalue weighted by Crippen LogP contribution is 2.33. The summed E-state index contributed by atoms with van der Waals surface area (Å²) in [6.45, 7) is 6.59. The molecule has 1 aromatic rings. The topological polar surface area (TPSA) is 23.6 Å². The highest BCUT2D eigenvalue weighted by Gasteiger charge is 2.40. The normalized spacial score (nSPS) is 32.4. The van der Waals surface area contributed by atoms with Crippen molar-refractivity contribution in [3.05, 3.63) is 34.9 Å². The summed E-state index contributed by atoms with van der Waals surface area (Å²) >= 11 is 0. The number of nitrogens with zero attached hydrogens (tertiary/aromatic N) is 2. The van der Waals surface area contributed by atoms with Gasteiger partial charge in [-0.25, -0.2) is 0 Å². The highest BCUT2D eigenvalue weighted by molar-refractivity contribution is 5.97. The van der Waals surface area contributed by atoms with Crippen LogP contribution < -0.4 is 0 Å². The zero-order chi connectivity index (χ0) is 13.7. The molecule has 5 rings (SSSR count). The van der Waals surface area contributed by atoms with E-state index in [2.05, 4.69) is 22.8 Å². The van der Waals surface area contributed by atoms with Gasteiger partial charge in [-0.3, -0.25) is 4.79 Å². The quantitative estimate of drug-likeness (QED) is 0.780. The van der Waals surface area contributed by atoms with E-state index in [-0.39, 0.29) is 5.91 Å². The Morgan fingerprint density at radius 2 is 1.95 bits per heavy atom. The van der Waals surface area contributed by atoms with Gasteiger partial charge in [0.15, 0.2) is 0 Å². The molecule has 3 saturated heterocycles. The van der Waals surface area contributed by atoms with Crippen LogP contribution in [0.25, 0.3) is 0 Å². The number of benzene rings is 1. The second-order valence-electron chi connectivity index (χ2n) is 6.55. The number of piperidine rings is 3. The predicted molar refractivity (Wildman–Crippen MR) is 78.9 cm³/mol. The van der Waals surface area contributed by atoms with Gasteiger partial charge in [0.1, 0.15) is 0 Å². The van der Waals surface area contributed by atoms with Crippen LogP contribution in [0.2, 0.25) is 0 Å². The Kier molecular flexibility index (Phi) is 2.84. The number of aryl methyl sites for hydroxylation is 1. The van der Waals surface area contributed by atoms with Gasteiger partial charge in [0.25, 0.3) is 5.91 Å². The van der Waals surface area contributed by atoms with E-state index in [9.17, 15) is 4.79 Å². The lowest BCUT2D eigenvalue weighted by Crippen LogP contribution is -2.59. The number of fused-ring (bicyclic) bond motifs is 4. The molecule has 4 heterocycles. The third-order valence-electron chi connectivity index (χ3n) is 5.53. The number of carbonyl (C=O) groups is 1. The van der Waals surface area contributed by atoms with E-state index in [1.165, 1.54) is 37.1 Å². The van der Waals surface area contributed by atoms with Crippen LogP contribution in [-0.2, 0) is 6.42 Å². The van der Waals surface area contributed by atoms with Gasteiger partial charge in [-0.15, -0.1) is 0 Å². The molecule has 3 heteroatoms. The first-order valence-corrected chi connectivity index (χ1v) is 7.86. The van der Waals surface area contributed by atoms with Crippen molar-refractivity contribution in [3.63, 3.8) is 0 Å². The molecule has 0 N–H and O–H groups in total. The summed E-state index contributed by atoms with van der Waals surface area (Å²) in [5.41, 5.74) is 3.49. The van der Waals surface area contributed by atoms with Crippen LogP contribution in [0, 0.1) is 12.8 Å². The molecule has 0 aromatic heterocycles. The Balaban J connectivity index is 1.64. The molecule has 20 heavy (non-hydrogen) atoms. The van der Waals surface area contributed by atoms with Crippen molar-refractivity contribution in [2.45, 2.75) is 32.2 Å². The average molecular weight is 270 g/mol. The van der Waals surface area contributed by atoms with Crippen LogP contribution in [0.4, 0.5) is 0 Å². The maximum Gasteiger partial charge on any atom is 0.254 e. The minimum absolute atomic E-state index is 0.272. The van der Waals surface area contributed by atoms with Gasteiger partial charge in [0, 0.05) is 24.7 Å². The molecular weight excluding hydrogens is 248 g/mol. The molecule has 0 radical (unpaired) electrons. The summed E-state index contributed by atoms with van der Waals surface area (Å²) in [6, 6.07) is 6.61. The standard InChI is InChI=1S/C17H22N2O/c1-12-3-2-4-15-14(12)7-10-19(17(15)20)16-11-18-8-5-13(16)6-9-18/h2-4,13,16H,5-11H2,1H3/t16-/m1/s1. The molecule has 4 aliphatic heterocycles. The Labute approximate surface area is 120 Å². The molecule has 106 valence electrons. The van der Waals surface area contributed by atoms with Crippen molar-refractivity contribution in [1.82, 2.24) is 9.80 Å². The van der Waals surface area contributed by atoms with Crippen LogP contribution in [0.3, 0.4) is 0 Å². The molecule has 1 atom stereocenters. The van der Waals surface area contributed by atoms with Crippen LogP contribution >= 0.6 is 0 Å². The van der Waals surface area contributed by atoms with Gasteiger partial charge < -0.3 is 9.80 Å². The van der Waals surface area contributed by atoms with Gasteiger partial charge in [-0.05, 0) is 62.4 Å². The molecule has 0 aliphatic carbocycles. The van der Waals surface area contributed by atoms with Crippen LogP contribution in [0.5, 0.6) is 0 Å². The summed E-state index contributed by atoms with van der Waals surface area (Å²) in [5.74, 6) is 1.00. The SMILES string of the molecule is Cc1cccc2c1CCN([C@@H]1CN3CCC1CC3)C2=O. The molecule has 3 nitrogen and oxygen atoms in total. The average Bonchev–Trinajstić information content (AvgIpc) is 2.50. The maximum atomic E-state index is 12.9. The first-order chi connectivity index (χ1) is 9.74. The summed E-state index contributed by atoms with van der Waals surface area (Å²) in [5, 5.41) is 0. The first kappa shape index (κ1) is 12.4. The molecule has 0 unspecified atom stereocenters. The number of hydrogen-bond donors (Lipinski definition) is 0. The largest absolute Gasteiger partial charge is 0.334 e. The van der Waals surface area contributed by atoms with Gasteiger partial charge in [-0.2, -0.15) is 0 Å². The van der Waals surface area contributed by atoms with Crippen LogP contribution in [0.15, 0.2) is 18.2 Å². The minimum atomic E-state index is 0.272. The third kappa shape index (κ3) is 1.80. The van der Waals surface area contributed by atoms with Crippen molar-refractivity contribution in [2.24, 2.45) is 5.92 Å². The second-order valence-corrected chi connectivity index (χ2v) is 6.55. The fraction of sp³-hybridized carbons (Fsp3) is 0.588. The van der Waals surface area contributed by atoms with E-state index in [1.807, 2.05) is 12.1 Å². The highest BCUT2D eigenvalue weighted by atomic mass is 16.2.